The van der Waals surface area contributed by atoms with Crippen molar-refractivity contribution in [3.63, 3.8) is 0 Å². The maximum atomic E-state index is 12.3. The van der Waals surface area contributed by atoms with Gasteiger partial charge in [0.25, 0.3) is 5.91 Å². The smallest absolute Gasteiger partial charge is 0.269 e. The highest BCUT2D eigenvalue weighted by atomic mass is 16.3. The first kappa shape index (κ1) is 18.1. The predicted octanol–water partition coefficient (Wildman–Crippen LogP) is 2.97. The first-order valence-corrected chi connectivity index (χ1v) is 8.43. The molecule has 0 unspecified atom stereocenters. The molecule has 3 rings (SSSR count). The van der Waals surface area contributed by atoms with Gasteiger partial charge in [-0.1, -0.05) is 36.4 Å². The van der Waals surface area contributed by atoms with Crippen LogP contribution in [0.4, 0.5) is 0 Å². The summed E-state index contributed by atoms with van der Waals surface area (Å²) in [6.07, 6.45) is 0.000765. The molecule has 0 aliphatic rings. The van der Waals surface area contributed by atoms with E-state index in [1.54, 1.807) is 6.07 Å². The van der Waals surface area contributed by atoms with Crippen molar-refractivity contribution in [2.24, 2.45) is 0 Å². The Morgan fingerprint density at radius 2 is 1.41 bits per heavy atom. The number of ketones is 1. The zero-order valence-electron chi connectivity index (χ0n) is 14.4. The van der Waals surface area contributed by atoms with Crippen LogP contribution >= 0.6 is 0 Å². The molecule has 0 fully saturated rings. The number of benzene rings is 3. The van der Waals surface area contributed by atoms with E-state index in [-0.39, 0.29) is 24.4 Å². The number of rotatable bonds is 5. The summed E-state index contributed by atoms with van der Waals surface area (Å²) in [6, 6.07) is 18.8. The number of phenolic OH excluding ortho intramolecular Hbond substituents is 1. The normalized spacial score (nSPS) is 10.4. The van der Waals surface area contributed by atoms with Crippen molar-refractivity contribution in [3.05, 3.63) is 77.9 Å². The molecule has 3 aromatic rings. The molecule has 0 spiro atoms. The monoisotopic (exact) mass is 362 g/mol. The Bertz CT molecular complexity index is 996. The fourth-order valence-electron chi connectivity index (χ4n) is 2.61. The van der Waals surface area contributed by atoms with Crippen LogP contribution in [0.1, 0.15) is 33.6 Å². The van der Waals surface area contributed by atoms with Crippen LogP contribution in [0.25, 0.3) is 10.8 Å². The molecule has 27 heavy (non-hydrogen) atoms. The molecule has 0 saturated carbocycles. The van der Waals surface area contributed by atoms with Crippen molar-refractivity contribution in [3.8, 4) is 5.75 Å². The molecule has 6 nitrogen and oxygen atoms in total. The van der Waals surface area contributed by atoms with Gasteiger partial charge in [0.05, 0.1) is 0 Å². The minimum Gasteiger partial charge on any atom is -0.508 e. The molecule has 6 heteroatoms. The summed E-state index contributed by atoms with van der Waals surface area (Å²) in [7, 11) is 0. The summed E-state index contributed by atoms with van der Waals surface area (Å²) in [4.78, 5) is 36.0. The van der Waals surface area contributed by atoms with Gasteiger partial charge in [-0.25, -0.2) is 0 Å². The van der Waals surface area contributed by atoms with Gasteiger partial charge in [-0.3, -0.25) is 25.2 Å². The first-order valence-electron chi connectivity index (χ1n) is 8.43. The van der Waals surface area contributed by atoms with Crippen molar-refractivity contribution >= 4 is 28.4 Å². The lowest BCUT2D eigenvalue weighted by Gasteiger charge is -2.07. The minimum absolute atomic E-state index is 0.0402. The maximum absolute atomic E-state index is 12.3. The van der Waals surface area contributed by atoms with Gasteiger partial charge in [0.2, 0.25) is 5.91 Å². The van der Waals surface area contributed by atoms with E-state index in [1.165, 1.54) is 24.3 Å². The van der Waals surface area contributed by atoms with Gasteiger partial charge in [0.1, 0.15) is 5.75 Å². The zero-order valence-corrected chi connectivity index (χ0v) is 14.4. The molecule has 3 N–H and O–H groups in total. The maximum Gasteiger partial charge on any atom is 0.269 e. The van der Waals surface area contributed by atoms with Crippen molar-refractivity contribution < 1.29 is 19.5 Å². The van der Waals surface area contributed by atoms with Gasteiger partial charge in [-0.05, 0) is 41.1 Å². The van der Waals surface area contributed by atoms with Gasteiger partial charge in [0, 0.05) is 24.0 Å². The molecule has 0 atom stereocenters. The molecular weight excluding hydrogens is 344 g/mol. The average molecular weight is 362 g/mol. The molecule has 3 aromatic carbocycles. The topological polar surface area (TPSA) is 95.5 Å². The van der Waals surface area contributed by atoms with Crippen molar-refractivity contribution in [2.45, 2.75) is 12.8 Å². The number of fused-ring (bicyclic) bond motifs is 1. The highest BCUT2D eigenvalue weighted by Crippen LogP contribution is 2.17. The molecule has 0 saturated heterocycles. The molecule has 0 aliphatic heterocycles. The Kier molecular flexibility index (Phi) is 5.47. The van der Waals surface area contributed by atoms with Crippen LogP contribution in [0.5, 0.6) is 5.75 Å². The number of carbonyl (C=O) groups is 3. The van der Waals surface area contributed by atoms with Crippen LogP contribution in [-0.2, 0) is 4.79 Å². The minimum atomic E-state index is -0.510. The number of nitrogens with one attached hydrogen (secondary N) is 2. The summed E-state index contributed by atoms with van der Waals surface area (Å²) in [5.41, 5.74) is 5.40. The molecule has 0 heterocycles. The van der Waals surface area contributed by atoms with Crippen LogP contribution in [0, 0.1) is 0 Å². The second-order valence-electron chi connectivity index (χ2n) is 6.03. The fourth-order valence-corrected chi connectivity index (χ4v) is 2.61. The van der Waals surface area contributed by atoms with Crippen LogP contribution in [0.15, 0.2) is 66.7 Å². The lowest BCUT2D eigenvalue weighted by molar-refractivity contribution is -0.121. The Morgan fingerprint density at radius 3 is 2.15 bits per heavy atom. The van der Waals surface area contributed by atoms with E-state index in [4.69, 9.17) is 0 Å². The molecule has 0 radical (unpaired) electrons. The van der Waals surface area contributed by atoms with Gasteiger partial charge >= 0.3 is 0 Å². The molecule has 0 bridgehead atoms. The van der Waals surface area contributed by atoms with E-state index in [2.05, 4.69) is 10.9 Å². The SMILES string of the molecule is O=C(CCC(=O)c1ccc2ccccc2c1)NNC(=O)c1ccc(O)cc1. The standard InChI is InChI=1S/C21H18N2O4/c24-18-9-7-15(8-10-18)21(27)23-22-20(26)12-11-19(25)17-6-5-14-3-1-2-4-16(14)13-17/h1-10,13,24H,11-12H2,(H,22,26)(H,23,27). The molecular formula is C21H18N2O4. The number of aromatic hydroxyl groups is 1. The van der Waals surface area contributed by atoms with E-state index in [9.17, 15) is 19.5 Å². The number of hydrogen-bond acceptors (Lipinski definition) is 4. The lowest BCUT2D eigenvalue weighted by Crippen LogP contribution is -2.41. The number of amides is 2. The molecule has 136 valence electrons. The van der Waals surface area contributed by atoms with Gasteiger partial charge < -0.3 is 5.11 Å². The lowest BCUT2D eigenvalue weighted by atomic mass is 10.0. The van der Waals surface area contributed by atoms with Crippen LogP contribution < -0.4 is 10.9 Å². The van der Waals surface area contributed by atoms with E-state index in [1.807, 2.05) is 36.4 Å². The van der Waals surface area contributed by atoms with E-state index >= 15 is 0 Å². The number of Topliss-reactive ketones (excluding diaryl/α,β-unsaturated/α-hetero) is 1. The third kappa shape index (κ3) is 4.70. The Hall–Kier alpha value is -3.67. The number of hydrazine groups is 1. The van der Waals surface area contributed by atoms with Gasteiger partial charge in [0.15, 0.2) is 5.78 Å². The highest BCUT2D eigenvalue weighted by Gasteiger charge is 2.11. The third-order valence-corrected chi connectivity index (χ3v) is 4.10. The van der Waals surface area contributed by atoms with E-state index in [0.717, 1.165) is 10.8 Å². The zero-order chi connectivity index (χ0) is 19.2. The van der Waals surface area contributed by atoms with Crippen LogP contribution in [0.2, 0.25) is 0 Å². The third-order valence-electron chi connectivity index (χ3n) is 4.10. The fraction of sp³-hybridized carbons (Fsp3) is 0.0952. The summed E-state index contributed by atoms with van der Waals surface area (Å²) >= 11 is 0. The summed E-state index contributed by atoms with van der Waals surface area (Å²) in [5, 5.41) is 11.2. The summed E-state index contributed by atoms with van der Waals surface area (Å²) < 4.78 is 0. The quantitative estimate of drug-likeness (QED) is 0.480. The highest BCUT2D eigenvalue weighted by molar-refractivity contribution is 6.01. The van der Waals surface area contributed by atoms with Gasteiger partial charge in [-0.15, -0.1) is 0 Å². The Balaban J connectivity index is 1.49. The second kappa shape index (κ2) is 8.14. The van der Waals surface area contributed by atoms with Gasteiger partial charge in [-0.2, -0.15) is 0 Å². The van der Waals surface area contributed by atoms with E-state index < -0.39 is 11.8 Å². The number of phenols is 1. The number of carbonyl (C=O) groups excluding carboxylic acids is 3. The van der Waals surface area contributed by atoms with Crippen LogP contribution in [-0.4, -0.2) is 22.7 Å². The molecule has 0 aromatic heterocycles. The molecule has 0 aliphatic carbocycles. The first-order chi connectivity index (χ1) is 13.0. The summed E-state index contributed by atoms with van der Waals surface area (Å²) in [5.74, 6) is -1.07. The van der Waals surface area contributed by atoms with Crippen LogP contribution in [0.3, 0.4) is 0 Å². The predicted molar refractivity (Wildman–Crippen MR) is 101 cm³/mol. The van der Waals surface area contributed by atoms with E-state index in [0.29, 0.717) is 11.1 Å². The number of hydrogen-bond donors (Lipinski definition) is 3. The van der Waals surface area contributed by atoms with Crippen molar-refractivity contribution in [1.82, 2.24) is 10.9 Å². The summed E-state index contributed by atoms with van der Waals surface area (Å²) in [6.45, 7) is 0. The van der Waals surface area contributed by atoms with Crippen molar-refractivity contribution in [1.29, 1.82) is 0 Å². The Morgan fingerprint density at radius 1 is 0.741 bits per heavy atom. The Labute approximate surface area is 155 Å². The largest absolute Gasteiger partial charge is 0.508 e. The second-order valence-corrected chi connectivity index (χ2v) is 6.03. The average Bonchev–Trinajstić information content (AvgIpc) is 2.70. The van der Waals surface area contributed by atoms with Crippen molar-refractivity contribution in [2.75, 3.05) is 0 Å². The molecule has 2 amide bonds.